The van der Waals surface area contributed by atoms with Gasteiger partial charge in [-0.05, 0) is 31.2 Å². The van der Waals surface area contributed by atoms with Gasteiger partial charge in [0, 0.05) is 11.8 Å². The molecule has 0 radical (unpaired) electrons. The molecule has 1 aliphatic heterocycles. The SMILES string of the molecule is C[C@]1([C@@H](O)C(=O)Nc2ccc3c(N)noc3c2)OCCN(c2cccc(-c3cnoc3)n2)C1=O. The molecule has 34 heavy (non-hydrogen) atoms. The lowest BCUT2D eigenvalue weighted by atomic mass is 9.94. The van der Waals surface area contributed by atoms with Crippen LogP contribution in [0.25, 0.3) is 22.2 Å². The number of fused-ring (bicyclic) bond motifs is 1. The van der Waals surface area contributed by atoms with Crippen molar-refractivity contribution in [3.63, 3.8) is 0 Å². The second kappa shape index (κ2) is 8.24. The van der Waals surface area contributed by atoms with Crippen molar-refractivity contribution < 1.29 is 28.5 Å². The predicted molar refractivity (Wildman–Crippen MR) is 120 cm³/mol. The summed E-state index contributed by atoms with van der Waals surface area (Å²) >= 11 is 0. The maximum atomic E-state index is 13.4. The third kappa shape index (κ3) is 3.64. The molecular weight excluding hydrogens is 444 g/mol. The Morgan fingerprint density at radius 1 is 1.32 bits per heavy atom. The fraction of sp³-hybridized carbons (Fsp3) is 0.227. The Morgan fingerprint density at radius 3 is 2.97 bits per heavy atom. The van der Waals surface area contributed by atoms with Crippen molar-refractivity contribution in [1.82, 2.24) is 15.3 Å². The number of nitrogens with one attached hydrogen (secondary N) is 1. The van der Waals surface area contributed by atoms with E-state index in [4.69, 9.17) is 19.5 Å². The summed E-state index contributed by atoms with van der Waals surface area (Å²) in [5.74, 6) is -0.854. The predicted octanol–water partition coefficient (Wildman–Crippen LogP) is 1.58. The van der Waals surface area contributed by atoms with Gasteiger partial charge in [-0.25, -0.2) is 4.98 Å². The van der Waals surface area contributed by atoms with Crippen LogP contribution in [0.3, 0.4) is 0 Å². The lowest BCUT2D eigenvalue weighted by molar-refractivity contribution is -0.170. The molecule has 12 nitrogen and oxygen atoms in total. The molecule has 2 atom stereocenters. The van der Waals surface area contributed by atoms with E-state index in [-0.39, 0.29) is 19.0 Å². The molecule has 3 aromatic heterocycles. The number of nitrogens with two attached hydrogens (primary N) is 1. The fourth-order valence-electron chi connectivity index (χ4n) is 3.76. The van der Waals surface area contributed by atoms with Gasteiger partial charge >= 0.3 is 0 Å². The maximum Gasteiger partial charge on any atom is 0.263 e. The van der Waals surface area contributed by atoms with E-state index in [1.165, 1.54) is 30.4 Å². The number of benzene rings is 1. The van der Waals surface area contributed by atoms with Crippen LogP contribution in [0, 0.1) is 0 Å². The van der Waals surface area contributed by atoms with Crippen LogP contribution in [0.4, 0.5) is 17.3 Å². The van der Waals surface area contributed by atoms with Gasteiger partial charge in [-0.1, -0.05) is 16.4 Å². The van der Waals surface area contributed by atoms with Gasteiger partial charge in [0.05, 0.1) is 36.0 Å². The Bertz CT molecular complexity index is 1370. The van der Waals surface area contributed by atoms with Crippen LogP contribution < -0.4 is 16.0 Å². The highest BCUT2D eigenvalue weighted by Crippen LogP contribution is 2.29. The second-order valence-corrected chi connectivity index (χ2v) is 7.88. The lowest BCUT2D eigenvalue weighted by Crippen LogP contribution is -2.63. The molecule has 1 fully saturated rings. The van der Waals surface area contributed by atoms with Gasteiger partial charge in [-0.3, -0.25) is 14.5 Å². The van der Waals surface area contributed by atoms with Crippen molar-refractivity contribution in [3.05, 3.63) is 48.9 Å². The van der Waals surface area contributed by atoms with Crippen LogP contribution >= 0.6 is 0 Å². The van der Waals surface area contributed by atoms with Crippen LogP contribution in [0.1, 0.15) is 6.92 Å². The molecule has 0 spiro atoms. The van der Waals surface area contributed by atoms with Gasteiger partial charge < -0.3 is 29.9 Å². The molecule has 0 unspecified atom stereocenters. The van der Waals surface area contributed by atoms with E-state index < -0.39 is 23.5 Å². The van der Waals surface area contributed by atoms with Crippen LogP contribution in [-0.4, -0.2) is 57.1 Å². The zero-order valence-corrected chi connectivity index (χ0v) is 18.0. The number of aliphatic hydroxyl groups excluding tert-OH is 1. The fourth-order valence-corrected chi connectivity index (χ4v) is 3.76. The van der Waals surface area contributed by atoms with Gasteiger partial charge in [0.1, 0.15) is 12.1 Å². The first-order valence-corrected chi connectivity index (χ1v) is 10.3. The number of nitrogen functional groups attached to an aromatic ring is 1. The Labute approximate surface area is 192 Å². The first kappa shape index (κ1) is 21.6. The number of pyridine rings is 1. The molecule has 12 heteroatoms. The van der Waals surface area contributed by atoms with Crippen LogP contribution in [0.2, 0.25) is 0 Å². The first-order valence-electron chi connectivity index (χ1n) is 10.3. The Kier molecular flexibility index (Phi) is 5.23. The molecule has 2 amide bonds. The smallest absolute Gasteiger partial charge is 0.263 e. The standard InChI is InChI=1S/C22H20N6O6/c1-22(18(29)20(30)25-13-5-6-14-16(9-13)34-27-19(14)23)21(31)28(7-8-32-22)17-4-2-3-15(26-17)12-10-24-33-11-12/h2-6,9-11,18,29H,7-8H2,1H3,(H2,23,27)(H,25,30)/t18-,22+/m0/s1. The van der Waals surface area contributed by atoms with Gasteiger partial charge in [-0.2, -0.15) is 0 Å². The van der Waals surface area contributed by atoms with E-state index >= 15 is 0 Å². The van der Waals surface area contributed by atoms with E-state index in [9.17, 15) is 14.7 Å². The van der Waals surface area contributed by atoms with Gasteiger partial charge in [0.15, 0.2) is 23.1 Å². The Hall–Kier alpha value is -4.29. The van der Waals surface area contributed by atoms with Crippen molar-refractivity contribution in [2.24, 2.45) is 0 Å². The highest BCUT2D eigenvalue weighted by Gasteiger charge is 2.50. The highest BCUT2D eigenvalue weighted by molar-refractivity contribution is 6.06. The average Bonchev–Trinajstić information content (AvgIpc) is 3.51. The van der Waals surface area contributed by atoms with Crippen LogP contribution in [0.15, 0.2) is 57.9 Å². The molecule has 1 saturated heterocycles. The number of morpholine rings is 1. The summed E-state index contributed by atoms with van der Waals surface area (Å²) in [5, 5.41) is 21.3. The largest absolute Gasteiger partial charge is 0.380 e. The van der Waals surface area contributed by atoms with Crippen molar-refractivity contribution in [1.29, 1.82) is 0 Å². The minimum absolute atomic E-state index is 0.0923. The topological polar surface area (TPSA) is 170 Å². The Morgan fingerprint density at radius 2 is 2.18 bits per heavy atom. The summed E-state index contributed by atoms with van der Waals surface area (Å²) in [6.45, 7) is 1.66. The number of nitrogens with zero attached hydrogens (tertiary/aromatic N) is 4. The van der Waals surface area contributed by atoms with Crippen molar-refractivity contribution in [2.45, 2.75) is 18.6 Å². The summed E-state index contributed by atoms with van der Waals surface area (Å²) in [6.07, 6.45) is 1.14. The third-order valence-corrected chi connectivity index (χ3v) is 5.66. The lowest BCUT2D eigenvalue weighted by Gasteiger charge is -2.40. The number of hydrogen-bond donors (Lipinski definition) is 3. The van der Waals surface area contributed by atoms with Crippen molar-refractivity contribution >= 4 is 40.1 Å². The summed E-state index contributed by atoms with van der Waals surface area (Å²) < 4.78 is 15.6. The number of anilines is 3. The normalized spacial score (nSPS) is 19.4. The number of carbonyl (C=O) groups excluding carboxylic acids is 2. The van der Waals surface area contributed by atoms with Crippen molar-refractivity contribution in [2.75, 3.05) is 29.1 Å². The molecule has 4 aromatic rings. The number of carbonyl (C=O) groups is 2. The zero-order valence-electron chi connectivity index (χ0n) is 18.0. The average molecular weight is 464 g/mol. The van der Waals surface area contributed by atoms with E-state index in [0.29, 0.717) is 33.7 Å². The number of rotatable bonds is 5. The number of ether oxygens (including phenoxy) is 1. The maximum absolute atomic E-state index is 13.4. The molecule has 1 aliphatic rings. The number of aliphatic hydroxyl groups is 1. The summed E-state index contributed by atoms with van der Waals surface area (Å²) in [5.41, 5.74) is 5.77. The molecular formula is C22H20N6O6. The van der Waals surface area contributed by atoms with Crippen LogP contribution in [-0.2, 0) is 14.3 Å². The molecule has 0 bridgehead atoms. The number of aromatic nitrogens is 3. The molecule has 5 rings (SSSR count). The molecule has 4 N–H and O–H groups in total. The van der Waals surface area contributed by atoms with Gasteiger partial charge in [0.2, 0.25) is 0 Å². The monoisotopic (exact) mass is 464 g/mol. The minimum Gasteiger partial charge on any atom is -0.380 e. The summed E-state index contributed by atoms with van der Waals surface area (Å²) in [7, 11) is 0. The second-order valence-electron chi connectivity index (χ2n) is 7.88. The quantitative estimate of drug-likeness (QED) is 0.394. The summed E-state index contributed by atoms with van der Waals surface area (Å²) in [6, 6.07) is 9.87. The van der Waals surface area contributed by atoms with E-state index in [1.807, 2.05) is 0 Å². The minimum atomic E-state index is -1.84. The summed E-state index contributed by atoms with van der Waals surface area (Å²) in [4.78, 5) is 32.1. The molecule has 4 heterocycles. The van der Waals surface area contributed by atoms with E-state index in [1.54, 1.807) is 30.3 Å². The molecule has 0 aliphatic carbocycles. The first-order chi connectivity index (χ1) is 16.4. The van der Waals surface area contributed by atoms with Gasteiger partial charge in [-0.15, -0.1) is 0 Å². The molecule has 0 saturated carbocycles. The zero-order chi connectivity index (χ0) is 23.9. The van der Waals surface area contributed by atoms with Crippen LogP contribution in [0.5, 0.6) is 0 Å². The molecule has 174 valence electrons. The number of amides is 2. The van der Waals surface area contributed by atoms with Crippen molar-refractivity contribution in [3.8, 4) is 11.3 Å². The third-order valence-electron chi connectivity index (χ3n) is 5.66. The van der Waals surface area contributed by atoms with E-state index in [0.717, 1.165) is 0 Å². The van der Waals surface area contributed by atoms with E-state index in [2.05, 4.69) is 20.6 Å². The Balaban J connectivity index is 1.36. The number of hydrogen-bond acceptors (Lipinski definition) is 10. The highest BCUT2D eigenvalue weighted by atomic mass is 16.5. The molecule has 1 aromatic carbocycles. The van der Waals surface area contributed by atoms with Gasteiger partial charge in [0.25, 0.3) is 11.8 Å².